The highest BCUT2D eigenvalue weighted by Crippen LogP contribution is 2.29. The Hall–Kier alpha value is -1.07. The Kier molecular flexibility index (Phi) is 6.70. The lowest BCUT2D eigenvalue weighted by atomic mass is 9.88. The van der Waals surface area contributed by atoms with Gasteiger partial charge in [-0.1, -0.05) is 48.2 Å². The van der Waals surface area contributed by atoms with Crippen LogP contribution in [0.25, 0.3) is 0 Å². The highest BCUT2D eigenvalue weighted by atomic mass is 32.2. The van der Waals surface area contributed by atoms with Gasteiger partial charge in [0.2, 0.25) is 5.91 Å². The fourth-order valence-corrected chi connectivity index (χ4v) is 4.05. The van der Waals surface area contributed by atoms with Crippen LogP contribution in [0.5, 0.6) is 0 Å². The maximum Gasteiger partial charge on any atom is 0.230 e. The third kappa shape index (κ3) is 4.46. The molecule has 0 aromatic heterocycles. The van der Waals surface area contributed by atoms with E-state index in [2.05, 4.69) is 42.3 Å². The van der Waals surface area contributed by atoms with Crippen LogP contribution in [0.2, 0.25) is 0 Å². The Morgan fingerprint density at radius 3 is 2.82 bits per heavy atom. The summed E-state index contributed by atoms with van der Waals surface area (Å²) in [7, 11) is 0. The summed E-state index contributed by atoms with van der Waals surface area (Å²) in [4.78, 5) is 14.3. The molecule has 1 aromatic rings. The lowest BCUT2D eigenvalue weighted by Gasteiger charge is -2.26. The van der Waals surface area contributed by atoms with E-state index in [0.29, 0.717) is 5.75 Å². The number of carbonyl (C=O) groups is 1. The molecule has 1 N–H and O–H groups in total. The first-order chi connectivity index (χ1) is 10.7. The van der Waals surface area contributed by atoms with Crippen molar-refractivity contribution in [3.63, 3.8) is 0 Å². The topological polar surface area (TPSA) is 32.3 Å². The molecular weight excluding hydrogens is 312 g/mol. The molecular formula is C17H24N2OS2. The van der Waals surface area contributed by atoms with Crippen molar-refractivity contribution in [3.8, 4) is 0 Å². The van der Waals surface area contributed by atoms with Gasteiger partial charge >= 0.3 is 0 Å². The first-order valence-electron chi connectivity index (χ1n) is 7.94. The molecule has 0 heterocycles. The number of amides is 1. The maximum absolute atomic E-state index is 12.2. The number of thioether (sulfide) groups is 1. The lowest BCUT2D eigenvalue weighted by Crippen LogP contribution is -2.33. The molecule has 0 fully saturated rings. The van der Waals surface area contributed by atoms with E-state index in [-0.39, 0.29) is 11.9 Å². The van der Waals surface area contributed by atoms with E-state index in [1.54, 1.807) is 0 Å². The zero-order valence-corrected chi connectivity index (χ0v) is 14.9. The monoisotopic (exact) mass is 336 g/mol. The Balaban J connectivity index is 1.87. The van der Waals surface area contributed by atoms with Gasteiger partial charge in [-0.2, -0.15) is 0 Å². The quantitative estimate of drug-likeness (QED) is 0.834. The van der Waals surface area contributed by atoms with E-state index < -0.39 is 0 Å². The van der Waals surface area contributed by atoms with Crippen molar-refractivity contribution in [2.24, 2.45) is 0 Å². The molecule has 1 aliphatic carbocycles. The zero-order valence-electron chi connectivity index (χ0n) is 13.3. The van der Waals surface area contributed by atoms with Crippen molar-refractivity contribution < 1.29 is 4.79 Å². The van der Waals surface area contributed by atoms with Crippen LogP contribution >= 0.6 is 24.0 Å². The van der Waals surface area contributed by atoms with Crippen molar-refractivity contribution in [2.45, 2.75) is 39.2 Å². The highest BCUT2D eigenvalue weighted by molar-refractivity contribution is 8.23. The van der Waals surface area contributed by atoms with Gasteiger partial charge in [0.05, 0.1) is 11.8 Å². The van der Waals surface area contributed by atoms with Crippen LogP contribution in [-0.2, 0) is 11.2 Å². The predicted molar refractivity (Wildman–Crippen MR) is 98.2 cm³/mol. The molecule has 1 aromatic carbocycles. The molecule has 3 nitrogen and oxygen atoms in total. The molecule has 0 saturated heterocycles. The van der Waals surface area contributed by atoms with Crippen LogP contribution in [0, 0.1) is 0 Å². The number of benzene rings is 1. The molecule has 22 heavy (non-hydrogen) atoms. The molecule has 5 heteroatoms. The smallest absolute Gasteiger partial charge is 0.230 e. The van der Waals surface area contributed by atoms with Crippen LogP contribution in [-0.4, -0.2) is 34.0 Å². The minimum Gasteiger partial charge on any atom is -0.358 e. The average molecular weight is 337 g/mol. The van der Waals surface area contributed by atoms with Gasteiger partial charge in [-0.15, -0.1) is 0 Å². The summed E-state index contributed by atoms with van der Waals surface area (Å²) in [6.45, 7) is 5.94. The summed E-state index contributed by atoms with van der Waals surface area (Å²) < 4.78 is 0.809. The van der Waals surface area contributed by atoms with E-state index in [9.17, 15) is 4.79 Å². The van der Waals surface area contributed by atoms with E-state index in [4.69, 9.17) is 12.2 Å². The number of thiocarbonyl (C=S) groups is 1. The van der Waals surface area contributed by atoms with Crippen molar-refractivity contribution in [1.29, 1.82) is 0 Å². The standard InChI is InChI=1S/C17H24N2OS2/c1-3-19(4-2)17(21)22-12-16(20)18-15-11-7-9-13-8-5-6-10-14(13)15/h5-6,8,10,15H,3-4,7,9,11-12H2,1-2H3,(H,18,20)/t15-/m1/s1. The van der Waals surface area contributed by atoms with Crippen molar-refractivity contribution in [1.82, 2.24) is 10.2 Å². The Morgan fingerprint density at radius 1 is 1.36 bits per heavy atom. The summed E-state index contributed by atoms with van der Waals surface area (Å²) in [5, 5.41) is 3.17. The second kappa shape index (κ2) is 8.53. The molecule has 0 spiro atoms. The van der Waals surface area contributed by atoms with E-state index >= 15 is 0 Å². The molecule has 120 valence electrons. The van der Waals surface area contributed by atoms with Crippen LogP contribution < -0.4 is 5.32 Å². The molecule has 1 amide bonds. The molecule has 1 aliphatic rings. The van der Waals surface area contributed by atoms with Gasteiger partial charge in [-0.3, -0.25) is 4.79 Å². The number of fused-ring (bicyclic) bond motifs is 1. The van der Waals surface area contributed by atoms with Gasteiger partial charge in [0, 0.05) is 13.1 Å². The molecule has 0 aliphatic heterocycles. The van der Waals surface area contributed by atoms with Gasteiger partial charge in [0.25, 0.3) is 0 Å². The molecule has 0 unspecified atom stereocenters. The summed E-state index contributed by atoms with van der Waals surface area (Å²) in [5.74, 6) is 0.467. The normalized spacial score (nSPS) is 16.7. The number of hydrogen-bond donors (Lipinski definition) is 1. The number of aryl methyl sites for hydroxylation is 1. The first-order valence-corrected chi connectivity index (χ1v) is 9.34. The van der Waals surface area contributed by atoms with Gasteiger partial charge in [0.15, 0.2) is 0 Å². The Labute approximate surface area is 142 Å². The van der Waals surface area contributed by atoms with E-state index in [1.807, 2.05) is 6.07 Å². The number of carbonyl (C=O) groups excluding carboxylic acids is 1. The van der Waals surface area contributed by atoms with Crippen molar-refractivity contribution in [2.75, 3.05) is 18.8 Å². The lowest BCUT2D eigenvalue weighted by molar-refractivity contribution is -0.119. The second-order valence-electron chi connectivity index (χ2n) is 5.44. The van der Waals surface area contributed by atoms with Gasteiger partial charge in [0.1, 0.15) is 4.32 Å². The van der Waals surface area contributed by atoms with E-state index in [1.165, 1.54) is 22.9 Å². The minimum absolute atomic E-state index is 0.0706. The van der Waals surface area contributed by atoms with Crippen LogP contribution in [0.1, 0.15) is 43.9 Å². The summed E-state index contributed by atoms with van der Waals surface area (Å²) in [5.41, 5.74) is 2.64. The molecule has 1 atom stereocenters. The minimum atomic E-state index is 0.0706. The fourth-order valence-electron chi connectivity index (χ4n) is 2.84. The van der Waals surface area contributed by atoms with Crippen molar-refractivity contribution >= 4 is 34.2 Å². The molecule has 0 saturated carbocycles. The van der Waals surface area contributed by atoms with Crippen LogP contribution in [0.15, 0.2) is 24.3 Å². The highest BCUT2D eigenvalue weighted by Gasteiger charge is 2.21. The number of nitrogens with zero attached hydrogens (tertiary/aromatic N) is 1. The number of rotatable bonds is 5. The maximum atomic E-state index is 12.2. The van der Waals surface area contributed by atoms with E-state index in [0.717, 1.165) is 36.7 Å². The SMILES string of the molecule is CCN(CC)C(=S)SCC(=O)N[C@@H]1CCCc2ccccc21. The largest absolute Gasteiger partial charge is 0.358 e. The van der Waals surface area contributed by atoms with Gasteiger partial charge in [-0.05, 0) is 44.2 Å². The van der Waals surface area contributed by atoms with Gasteiger partial charge < -0.3 is 10.2 Å². The molecule has 0 bridgehead atoms. The summed E-state index contributed by atoms with van der Waals surface area (Å²) in [6, 6.07) is 8.57. The third-order valence-corrected chi connectivity index (χ3v) is 5.58. The number of nitrogens with one attached hydrogen (secondary N) is 1. The summed E-state index contributed by atoms with van der Waals surface area (Å²) in [6.07, 6.45) is 3.27. The van der Waals surface area contributed by atoms with Crippen LogP contribution in [0.3, 0.4) is 0 Å². The second-order valence-corrected chi connectivity index (χ2v) is 7.05. The van der Waals surface area contributed by atoms with Gasteiger partial charge in [-0.25, -0.2) is 0 Å². The zero-order chi connectivity index (χ0) is 15.9. The number of hydrogen-bond acceptors (Lipinski definition) is 3. The molecule has 2 rings (SSSR count). The Morgan fingerprint density at radius 2 is 2.09 bits per heavy atom. The summed E-state index contributed by atoms with van der Waals surface area (Å²) >= 11 is 6.83. The average Bonchev–Trinajstić information content (AvgIpc) is 2.54. The predicted octanol–water partition coefficient (Wildman–Crippen LogP) is 3.54. The fraction of sp³-hybridized carbons (Fsp3) is 0.529. The molecule has 0 radical (unpaired) electrons. The Bertz CT molecular complexity index is 529. The van der Waals surface area contributed by atoms with Crippen LogP contribution in [0.4, 0.5) is 0 Å². The third-order valence-electron chi connectivity index (χ3n) is 4.05. The first kappa shape index (κ1) is 17.3. The van der Waals surface area contributed by atoms with Crippen molar-refractivity contribution in [3.05, 3.63) is 35.4 Å².